The summed E-state index contributed by atoms with van der Waals surface area (Å²) in [6.45, 7) is -0.841. The number of amides is 1. The fraction of sp³-hybridized carbons (Fsp3) is 0.118. The van der Waals surface area contributed by atoms with Gasteiger partial charge >= 0.3 is 5.97 Å². The zero-order valence-electron chi connectivity index (χ0n) is 13.8. The molecule has 2 aromatic rings. The van der Waals surface area contributed by atoms with Gasteiger partial charge in [-0.05, 0) is 46.3 Å². The number of benzene rings is 2. The Kier molecular flexibility index (Phi) is 6.68. The number of nitriles is 1. The number of esters is 1. The summed E-state index contributed by atoms with van der Waals surface area (Å²) in [5.74, 6) is -1.51. The van der Waals surface area contributed by atoms with Gasteiger partial charge in [0, 0.05) is 10.2 Å². The highest BCUT2D eigenvalue weighted by atomic mass is 79.9. The average molecular weight is 452 g/mol. The van der Waals surface area contributed by atoms with E-state index in [2.05, 4.69) is 15.9 Å². The Hall–Kier alpha value is -2.74. The summed E-state index contributed by atoms with van der Waals surface area (Å²) in [5.41, 5.74) is 0.387. The Bertz CT molecular complexity index is 1000. The Labute approximate surface area is 164 Å². The summed E-state index contributed by atoms with van der Waals surface area (Å²) in [6, 6.07) is 13.9. The molecule has 8 nitrogen and oxygen atoms in total. The Morgan fingerprint density at radius 1 is 1.19 bits per heavy atom. The summed E-state index contributed by atoms with van der Waals surface area (Å²) < 4.78 is 28.1. The summed E-state index contributed by atoms with van der Waals surface area (Å²) in [7, 11) is -4.00. The van der Waals surface area contributed by atoms with Crippen molar-refractivity contribution in [3.63, 3.8) is 0 Å². The molecule has 1 amide bonds. The first-order chi connectivity index (χ1) is 12.7. The molecule has 0 radical (unpaired) electrons. The number of anilines is 1. The standard InChI is InChI=1S/C17H14BrN3O5S/c18-15-7-6-13(27(20,24)25)10-14(15)17(23)26-11-16(22)21(9-8-19)12-4-2-1-3-5-12/h1-7,10H,9,11H2,(H2,20,24,25). The molecule has 0 aliphatic carbocycles. The van der Waals surface area contributed by atoms with Gasteiger partial charge in [-0.3, -0.25) is 9.69 Å². The first kappa shape index (κ1) is 20.6. The van der Waals surface area contributed by atoms with Gasteiger partial charge in [-0.2, -0.15) is 5.26 Å². The quantitative estimate of drug-likeness (QED) is 0.526. The third-order valence-electron chi connectivity index (χ3n) is 3.41. The molecule has 0 aliphatic rings. The van der Waals surface area contributed by atoms with E-state index < -0.39 is 28.5 Å². The van der Waals surface area contributed by atoms with Gasteiger partial charge in [-0.1, -0.05) is 18.2 Å². The van der Waals surface area contributed by atoms with Crippen LogP contribution in [0.2, 0.25) is 0 Å². The number of halogens is 1. The molecule has 0 saturated carbocycles. The Morgan fingerprint density at radius 2 is 1.85 bits per heavy atom. The van der Waals surface area contributed by atoms with Gasteiger partial charge in [0.1, 0.15) is 6.54 Å². The van der Waals surface area contributed by atoms with Gasteiger partial charge < -0.3 is 4.74 Å². The van der Waals surface area contributed by atoms with Crippen LogP contribution in [-0.2, 0) is 19.6 Å². The van der Waals surface area contributed by atoms with E-state index in [1.165, 1.54) is 17.0 Å². The third kappa shape index (κ3) is 5.37. The van der Waals surface area contributed by atoms with Crippen molar-refractivity contribution in [3.8, 4) is 6.07 Å². The highest BCUT2D eigenvalue weighted by Gasteiger charge is 2.20. The van der Waals surface area contributed by atoms with E-state index in [4.69, 9.17) is 15.1 Å². The van der Waals surface area contributed by atoms with Crippen molar-refractivity contribution in [2.45, 2.75) is 4.90 Å². The molecular weight excluding hydrogens is 438 g/mol. The molecule has 10 heteroatoms. The monoisotopic (exact) mass is 451 g/mol. The molecule has 0 bridgehead atoms. The average Bonchev–Trinajstić information content (AvgIpc) is 2.64. The highest BCUT2D eigenvalue weighted by Crippen LogP contribution is 2.21. The van der Waals surface area contributed by atoms with Crippen LogP contribution in [-0.4, -0.2) is 33.4 Å². The van der Waals surface area contributed by atoms with Crippen molar-refractivity contribution in [1.29, 1.82) is 5.26 Å². The van der Waals surface area contributed by atoms with E-state index >= 15 is 0 Å². The molecule has 140 valence electrons. The lowest BCUT2D eigenvalue weighted by Crippen LogP contribution is -2.35. The van der Waals surface area contributed by atoms with Crippen molar-refractivity contribution in [2.75, 3.05) is 18.1 Å². The lowest BCUT2D eigenvalue weighted by Gasteiger charge is -2.19. The number of para-hydroxylation sites is 1. The normalized spacial score (nSPS) is 10.7. The van der Waals surface area contributed by atoms with Crippen LogP contribution >= 0.6 is 15.9 Å². The number of rotatable bonds is 6. The number of hydrogen-bond donors (Lipinski definition) is 1. The van der Waals surface area contributed by atoms with Crippen LogP contribution in [0.25, 0.3) is 0 Å². The first-order valence-electron chi connectivity index (χ1n) is 7.46. The molecule has 0 aliphatic heterocycles. The molecule has 0 fully saturated rings. The van der Waals surface area contributed by atoms with Crippen LogP contribution < -0.4 is 10.0 Å². The second-order valence-corrected chi connectivity index (χ2v) is 7.65. The van der Waals surface area contributed by atoms with Crippen LogP contribution in [0, 0.1) is 11.3 Å². The smallest absolute Gasteiger partial charge is 0.339 e. The summed E-state index contributed by atoms with van der Waals surface area (Å²) in [6.07, 6.45) is 0. The molecule has 2 rings (SSSR count). The molecular formula is C17H14BrN3O5S. The summed E-state index contributed by atoms with van der Waals surface area (Å²) in [4.78, 5) is 25.5. The minimum atomic E-state index is -4.00. The summed E-state index contributed by atoms with van der Waals surface area (Å²) in [5, 5.41) is 14.0. The minimum absolute atomic E-state index is 0.0964. The van der Waals surface area contributed by atoms with Gasteiger partial charge in [0.05, 0.1) is 16.5 Å². The van der Waals surface area contributed by atoms with Crippen molar-refractivity contribution in [1.82, 2.24) is 0 Å². The zero-order chi connectivity index (χ0) is 20.0. The zero-order valence-corrected chi connectivity index (χ0v) is 16.2. The number of primary sulfonamides is 1. The molecule has 0 heterocycles. The molecule has 0 aromatic heterocycles. The minimum Gasteiger partial charge on any atom is -0.452 e. The van der Waals surface area contributed by atoms with Crippen LogP contribution in [0.15, 0.2) is 57.9 Å². The second kappa shape index (κ2) is 8.77. The fourth-order valence-electron chi connectivity index (χ4n) is 2.12. The van der Waals surface area contributed by atoms with Gasteiger partial charge in [0.2, 0.25) is 10.0 Å². The topological polar surface area (TPSA) is 131 Å². The highest BCUT2D eigenvalue weighted by molar-refractivity contribution is 9.10. The molecule has 2 N–H and O–H groups in total. The molecule has 0 saturated heterocycles. The predicted molar refractivity (Wildman–Crippen MR) is 100 cm³/mol. The number of ether oxygens (including phenoxy) is 1. The lowest BCUT2D eigenvalue weighted by molar-refractivity contribution is -0.121. The fourth-order valence-corrected chi connectivity index (χ4v) is 3.07. The van der Waals surface area contributed by atoms with E-state index in [9.17, 15) is 18.0 Å². The van der Waals surface area contributed by atoms with Crippen molar-refractivity contribution < 1.29 is 22.7 Å². The van der Waals surface area contributed by atoms with Crippen molar-refractivity contribution >= 4 is 43.5 Å². The maximum Gasteiger partial charge on any atom is 0.339 e. The van der Waals surface area contributed by atoms with Crippen LogP contribution in [0.3, 0.4) is 0 Å². The van der Waals surface area contributed by atoms with Gasteiger partial charge in [0.15, 0.2) is 6.61 Å². The second-order valence-electron chi connectivity index (χ2n) is 5.24. The summed E-state index contributed by atoms with van der Waals surface area (Å²) >= 11 is 3.12. The van der Waals surface area contributed by atoms with Crippen LogP contribution in [0.1, 0.15) is 10.4 Å². The van der Waals surface area contributed by atoms with E-state index in [0.717, 1.165) is 6.07 Å². The number of carbonyl (C=O) groups excluding carboxylic acids is 2. The lowest BCUT2D eigenvalue weighted by atomic mass is 10.2. The number of nitrogens with two attached hydrogens (primary N) is 1. The van der Waals surface area contributed by atoms with Gasteiger partial charge in [-0.25, -0.2) is 18.4 Å². The molecule has 27 heavy (non-hydrogen) atoms. The van der Waals surface area contributed by atoms with Gasteiger partial charge in [-0.15, -0.1) is 0 Å². The molecule has 0 atom stereocenters. The Balaban J connectivity index is 2.15. The maximum absolute atomic E-state index is 12.4. The number of sulfonamides is 1. The number of hydrogen-bond acceptors (Lipinski definition) is 6. The predicted octanol–water partition coefficient (Wildman–Crippen LogP) is 1.81. The van der Waals surface area contributed by atoms with Crippen LogP contribution in [0.5, 0.6) is 0 Å². The van der Waals surface area contributed by atoms with E-state index in [0.29, 0.717) is 5.69 Å². The third-order valence-corrected chi connectivity index (χ3v) is 5.01. The van der Waals surface area contributed by atoms with Crippen molar-refractivity contribution in [2.24, 2.45) is 5.14 Å². The number of nitrogens with zero attached hydrogens (tertiary/aromatic N) is 2. The molecule has 0 unspecified atom stereocenters. The number of carbonyl (C=O) groups is 2. The largest absolute Gasteiger partial charge is 0.452 e. The first-order valence-corrected chi connectivity index (χ1v) is 9.80. The molecule has 2 aromatic carbocycles. The maximum atomic E-state index is 12.4. The Morgan fingerprint density at radius 3 is 2.44 bits per heavy atom. The van der Waals surface area contributed by atoms with E-state index in [1.54, 1.807) is 30.3 Å². The van der Waals surface area contributed by atoms with Crippen LogP contribution in [0.4, 0.5) is 5.69 Å². The van der Waals surface area contributed by atoms with E-state index in [-0.39, 0.29) is 21.5 Å². The van der Waals surface area contributed by atoms with Crippen molar-refractivity contribution in [3.05, 3.63) is 58.6 Å². The molecule has 0 spiro atoms. The SMILES string of the molecule is N#CCN(C(=O)COC(=O)c1cc(S(N)(=O)=O)ccc1Br)c1ccccc1. The van der Waals surface area contributed by atoms with E-state index in [1.807, 2.05) is 6.07 Å². The van der Waals surface area contributed by atoms with Gasteiger partial charge in [0.25, 0.3) is 5.91 Å².